The van der Waals surface area contributed by atoms with Gasteiger partial charge in [-0.3, -0.25) is 4.79 Å². The summed E-state index contributed by atoms with van der Waals surface area (Å²) in [5.41, 5.74) is 2.41. The Hall–Kier alpha value is -1.75. The summed E-state index contributed by atoms with van der Waals surface area (Å²) in [5.74, 6) is 2.00. The fourth-order valence-electron chi connectivity index (χ4n) is 4.44. The number of aryl methyl sites for hydroxylation is 1. The number of ether oxygens (including phenoxy) is 1. The van der Waals surface area contributed by atoms with Gasteiger partial charge in [-0.15, -0.1) is 0 Å². The van der Waals surface area contributed by atoms with Crippen molar-refractivity contribution in [3.8, 4) is 0 Å². The van der Waals surface area contributed by atoms with E-state index in [1.807, 2.05) is 11.8 Å². The van der Waals surface area contributed by atoms with Gasteiger partial charge in [-0.2, -0.15) is 0 Å². The molecular weight excluding hydrogens is 340 g/mol. The lowest BCUT2D eigenvalue weighted by Crippen LogP contribution is -2.50. The van der Waals surface area contributed by atoms with Crippen molar-refractivity contribution in [2.45, 2.75) is 31.7 Å². The summed E-state index contributed by atoms with van der Waals surface area (Å²) in [6, 6.07) is 6.41. The van der Waals surface area contributed by atoms with Crippen molar-refractivity contribution >= 4 is 23.6 Å². The van der Waals surface area contributed by atoms with E-state index < -0.39 is 6.09 Å². The molecule has 3 fully saturated rings. The third-order valence-corrected chi connectivity index (χ3v) is 6.49. The molecule has 0 radical (unpaired) electrons. The number of carbonyl (C=O) groups is 2. The minimum absolute atomic E-state index is 0.0481. The number of methoxy groups -OCH3 is 1. The smallest absolute Gasteiger partial charge is 0.407 e. The van der Waals surface area contributed by atoms with Crippen LogP contribution in [0.25, 0.3) is 0 Å². The van der Waals surface area contributed by atoms with Crippen LogP contribution in [-0.4, -0.2) is 43.1 Å². The van der Waals surface area contributed by atoms with Crippen LogP contribution in [0.3, 0.4) is 0 Å². The Morgan fingerprint density at radius 1 is 1.24 bits per heavy atom. The number of benzene rings is 1. The lowest BCUT2D eigenvalue weighted by molar-refractivity contribution is -0.138. The first-order chi connectivity index (χ1) is 12.0. The van der Waals surface area contributed by atoms with E-state index in [2.05, 4.69) is 28.3 Å². The van der Waals surface area contributed by atoms with E-state index in [0.29, 0.717) is 17.8 Å². The molecule has 134 valence electrons. The van der Waals surface area contributed by atoms with Gasteiger partial charge in [0.05, 0.1) is 7.11 Å². The highest BCUT2D eigenvalue weighted by atomic mass is 35.5. The van der Waals surface area contributed by atoms with Gasteiger partial charge in [-0.1, -0.05) is 23.7 Å². The van der Waals surface area contributed by atoms with Gasteiger partial charge >= 0.3 is 6.09 Å². The zero-order valence-corrected chi connectivity index (χ0v) is 15.3. The van der Waals surface area contributed by atoms with Crippen molar-refractivity contribution < 1.29 is 14.3 Å². The molecule has 5 nitrogen and oxygen atoms in total. The molecular formula is C19H23ClN2O3. The molecule has 1 aliphatic heterocycles. The highest BCUT2D eigenvalue weighted by molar-refractivity contribution is 6.31. The Morgan fingerprint density at radius 3 is 2.52 bits per heavy atom. The quantitative estimate of drug-likeness (QED) is 0.899. The first kappa shape index (κ1) is 16.7. The number of carbonyl (C=O) groups excluding carboxylic acids is 2. The topological polar surface area (TPSA) is 58.6 Å². The molecule has 2 aliphatic carbocycles. The van der Waals surface area contributed by atoms with Gasteiger partial charge in [-0.25, -0.2) is 4.79 Å². The second kappa shape index (κ2) is 6.20. The van der Waals surface area contributed by atoms with Gasteiger partial charge in [0.15, 0.2) is 0 Å². The second-order valence-corrected chi connectivity index (χ2v) is 8.01. The van der Waals surface area contributed by atoms with E-state index in [9.17, 15) is 9.59 Å². The Kier molecular flexibility index (Phi) is 4.14. The van der Waals surface area contributed by atoms with Crippen molar-refractivity contribution in [1.82, 2.24) is 10.2 Å². The van der Waals surface area contributed by atoms with E-state index in [1.54, 1.807) is 0 Å². The van der Waals surface area contributed by atoms with Gasteiger partial charge < -0.3 is 15.0 Å². The number of hydrogen-bond acceptors (Lipinski definition) is 3. The lowest BCUT2D eigenvalue weighted by atomic mass is 9.79. The van der Waals surface area contributed by atoms with E-state index in [1.165, 1.54) is 12.7 Å². The Bertz CT molecular complexity index is 705. The number of likely N-dealkylation sites (tertiary alicyclic amines) is 1. The summed E-state index contributed by atoms with van der Waals surface area (Å²) in [6.07, 6.45) is 1.02. The molecule has 2 atom stereocenters. The number of piperidine rings is 1. The number of nitrogens with zero attached hydrogens (tertiary/aromatic N) is 1. The molecule has 2 amide bonds. The van der Waals surface area contributed by atoms with Crippen molar-refractivity contribution in [2.24, 2.45) is 17.8 Å². The molecule has 1 N–H and O–H groups in total. The molecule has 3 aliphatic rings. The first-order valence-corrected chi connectivity index (χ1v) is 9.25. The lowest BCUT2D eigenvalue weighted by Gasteiger charge is -2.37. The molecule has 2 unspecified atom stereocenters. The van der Waals surface area contributed by atoms with Crippen molar-refractivity contribution in [2.75, 3.05) is 20.2 Å². The number of rotatable bonds is 3. The summed E-state index contributed by atoms with van der Waals surface area (Å²) in [5, 5.41) is 3.58. The molecule has 1 aromatic rings. The highest BCUT2D eigenvalue weighted by Crippen LogP contribution is 2.58. The van der Waals surface area contributed by atoms with Crippen molar-refractivity contribution in [3.63, 3.8) is 0 Å². The van der Waals surface area contributed by atoms with E-state index in [0.717, 1.165) is 36.5 Å². The minimum Gasteiger partial charge on any atom is -0.453 e. The zero-order valence-electron chi connectivity index (χ0n) is 14.5. The summed E-state index contributed by atoms with van der Waals surface area (Å²) >= 11 is 6.25. The molecule has 1 aromatic carbocycles. The molecule has 0 aromatic heterocycles. The maximum absolute atomic E-state index is 12.6. The van der Waals surface area contributed by atoms with Gasteiger partial charge in [-0.05, 0) is 54.7 Å². The summed E-state index contributed by atoms with van der Waals surface area (Å²) in [7, 11) is 1.35. The van der Waals surface area contributed by atoms with Crippen LogP contribution < -0.4 is 5.32 Å². The third kappa shape index (κ3) is 2.99. The number of amides is 2. The monoisotopic (exact) mass is 362 g/mol. The number of nitrogens with one attached hydrogen (secondary N) is 1. The average Bonchev–Trinajstić information content (AvgIpc) is 3.05. The van der Waals surface area contributed by atoms with Crippen LogP contribution in [0.2, 0.25) is 5.02 Å². The average molecular weight is 363 g/mol. The Balaban J connectivity index is 1.28. The molecule has 1 heterocycles. The SMILES string of the molecule is COC(=O)NC1CC(C(=O)N2CC3C(C2)C3c2ccc(C)c(Cl)c2)C1. The van der Waals surface area contributed by atoms with Crippen LogP contribution in [0.1, 0.15) is 29.9 Å². The molecule has 2 saturated carbocycles. The van der Waals surface area contributed by atoms with Crippen molar-refractivity contribution in [3.05, 3.63) is 34.3 Å². The molecule has 1 saturated heterocycles. The highest BCUT2D eigenvalue weighted by Gasteiger charge is 2.57. The van der Waals surface area contributed by atoms with E-state index in [4.69, 9.17) is 11.6 Å². The van der Waals surface area contributed by atoms with Crippen LogP contribution in [0.4, 0.5) is 4.79 Å². The maximum Gasteiger partial charge on any atom is 0.407 e. The number of halogens is 1. The second-order valence-electron chi connectivity index (χ2n) is 7.61. The van der Waals surface area contributed by atoms with Crippen LogP contribution in [0, 0.1) is 24.7 Å². The van der Waals surface area contributed by atoms with Gasteiger partial charge in [0.1, 0.15) is 0 Å². The third-order valence-electron chi connectivity index (χ3n) is 6.08. The van der Waals surface area contributed by atoms with Crippen LogP contribution in [-0.2, 0) is 9.53 Å². The summed E-state index contributed by atoms with van der Waals surface area (Å²) in [4.78, 5) is 25.8. The first-order valence-electron chi connectivity index (χ1n) is 8.87. The fourth-order valence-corrected chi connectivity index (χ4v) is 4.63. The normalized spacial score (nSPS) is 32.6. The molecule has 6 heteroatoms. The van der Waals surface area contributed by atoms with E-state index >= 15 is 0 Å². The molecule has 0 bridgehead atoms. The van der Waals surface area contributed by atoms with Gasteiger partial charge in [0, 0.05) is 30.1 Å². The van der Waals surface area contributed by atoms with Gasteiger partial charge in [0.25, 0.3) is 0 Å². The predicted octanol–water partition coefficient (Wildman–Crippen LogP) is 2.95. The predicted molar refractivity (Wildman–Crippen MR) is 94.5 cm³/mol. The Morgan fingerprint density at radius 2 is 1.92 bits per heavy atom. The minimum atomic E-state index is -0.419. The molecule has 4 rings (SSSR count). The summed E-state index contributed by atoms with van der Waals surface area (Å²) in [6.45, 7) is 3.72. The van der Waals surface area contributed by atoms with Crippen LogP contribution in [0.15, 0.2) is 18.2 Å². The Labute approximate surface area is 152 Å². The standard InChI is InChI=1S/C19H23ClN2O3/c1-10-3-4-11(7-16(10)20)17-14-8-22(9-15(14)17)18(23)12-5-13(6-12)21-19(24)25-2/h3-4,7,12-15,17H,5-6,8-9H2,1-2H3,(H,21,24). The van der Waals surface area contributed by atoms with Crippen LogP contribution in [0.5, 0.6) is 0 Å². The fraction of sp³-hybridized carbons (Fsp3) is 0.579. The number of hydrogen-bond donors (Lipinski definition) is 1. The van der Waals surface area contributed by atoms with Gasteiger partial charge in [0.2, 0.25) is 5.91 Å². The van der Waals surface area contributed by atoms with E-state index in [-0.39, 0.29) is 17.9 Å². The number of alkyl carbamates (subject to hydrolysis) is 1. The van der Waals surface area contributed by atoms with Crippen LogP contribution >= 0.6 is 11.6 Å². The molecule has 0 spiro atoms. The zero-order chi connectivity index (χ0) is 17.7. The number of fused-ring (bicyclic) bond motifs is 1. The molecule has 25 heavy (non-hydrogen) atoms. The largest absolute Gasteiger partial charge is 0.453 e. The summed E-state index contributed by atoms with van der Waals surface area (Å²) < 4.78 is 4.59. The van der Waals surface area contributed by atoms with Crippen molar-refractivity contribution in [1.29, 1.82) is 0 Å². The maximum atomic E-state index is 12.6.